The van der Waals surface area contributed by atoms with E-state index in [1.54, 1.807) is 7.11 Å². The van der Waals surface area contributed by atoms with Gasteiger partial charge in [-0.2, -0.15) is 0 Å². The van der Waals surface area contributed by atoms with Crippen LogP contribution in [0.1, 0.15) is 128 Å². The topological polar surface area (TPSA) is 38.7 Å². The first kappa shape index (κ1) is 29.0. The molecule has 3 nitrogen and oxygen atoms in total. The number of rotatable bonds is 23. The van der Waals surface area contributed by atoms with Crippen molar-refractivity contribution in [3.05, 3.63) is 29.8 Å². The molecule has 3 heteroatoms. The van der Waals surface area contributed by atoms with Crippen molar-refractivity contribution in [3.8, 4) is 5.75 Å². The molecule has 32 heavy (non-hydrogen) atoms. The van der Waals surface area contributed by atoms with Gasteiger partial charge in [0.1, 0.15) is 5.75 Å². The van der Waals surface area contributed by atoms with Gasteiger partial charge in [-0.3, -0.25) is 0 Å². The second kappa shape index (κ2) is 21.8. The van der Waals surface area contributed by atoms with Crippen LogP contribution in [0, 0.1) is 0 Å². The highest BCUT2D eigenvalue weighted by molar-refractivity contribution is 5.26. The Labute approximate surface area is 199 Å². The summed E-state index contributed by atoms with van der Waals surface area (Å²) in [6, 6.07) is 7.93. The number of hydrogen-bond acceptors (Lipinski definition) is 3. The molecule has 186 valence electrons. The highest BCUT2D eigenvalue weighted by Crippen LogP contribution is 2.16. The van der Waals surface area contributed by atoms with E-state index in [4.69, 9.17) is 9.47 Å². The molecule has 0 aromatic heterocycles. The lowest BCUT2D eigenvalue weighted by atomic mass is 10.0. The largest absolute Gasteiger partial charge is 0.497 e. The quantitative estimate of drug-likeness (QED) is 0.170. The number of hydrogen-bond donors (Lipinski definition) is 1. The van der Waals surface area contributed by atoms with Crippen LogP contribution >= 0.6 is 0 Å². The first-order valence-electron chi connectivity index (χ1n) is 13.7. The Morgan fingerprint density at radius 3 is 1.50 bits per heavy atom. The van der Waals surface area contributed by atoms with Crippen LogP contribution in [0.15, 0.2) is 24.3 Å². The predicted octanol–water partition coefficient (Wildman–Crippen LogP) is 8.61. The Morgan fingerprint density at radius 1 is 0.656 bits per heavy atom. The maximum atomic E-state index is 9.58. The molecule has 0 spiro atoms. The Morgan fingerprint density at radius 2 is 1.09 bits per heavy atom. The lowest BCUT2D eigenvalue weighted by Crippen LogP contribution is -2.17. The summed E-state index contributed by atoms with van der Waals surface area (Å²) in [6.45, 7) is 2.94. The molecule has 0 unspecified atom stereocenters. The highest BCUT2D eigenvalue weighted by Gasteiger charge is 2.08. The monoisotopic (exact) mass is 448 g/mol. The van der Waals surface area contributed by atoms with Gasteiger partial charge in [0, 0.05) is 0 Å². The summed E-state index contributed by atoms with van der Waals surface area (Å²) in [5.41, 5.74) is 1.12. The van der Waals surface area contributed by atoms with Crippen molar-refractivity contribution in [1.82, 2.24) is 0 Å². The molecular weight excluding hydrogens is 396 g/mol. The van der Waals surface area contributed by atoms with Gasteiger partial charge in [0.2, 0.25) is 0 Å². The molecular formula is C29H52O3. The number of aliphatic hydroxyl groups excluding tert-OH is 1. The van der Waals surface area contributed by atoms with Crippen LogP contribution in [-0.2, 0) is 11.3 Å². The van der Waals surface area contributed by atoms with Crippen LogP contribution < -0.4 is 4.74 Å². The third-order valence-corrected chi connectivity index (χ3v) is 6.48. The van der Waals surface area contributed by atoms with Gasteiger partial charge in [-0.05, 0) is 24.1 Å². The second-order valence-corrected chi connectivity index (χ2v) is 9.41. The van der Waals surface area contributed by atoms with E-state index in [1.165, 1.54) is 103 Å². The minimum absolute atomic E-state index is 0.0477. The summed E-state index contributed by atoms with van der Waals surface area (Å²) in [4.78, 5) is 0. The van der Waals surface area contributed by atoms with Crippen molar-refractivity contribution in [2.24, 2.45) is 0 Å². The smallest absolute Gasteiger partial charge is 0.118 e. The van der Waals surface area contributed by atoms with Crippen LogP contribution in [0.4, 0.5) is 0 Å². The van der Waals surface area contributed by atoms with Crippen molar-refractivity contribution in [2.45, 2.75) is 135 Å². The van der Waals surface area contributed by atoms with Crippen LogP contribution in [-0.4, -0.2) is 24.9 Å². The van der Waals surface area contributed by atoms with Crippen molar-refractivity contribution in [2.75, 3.05) is 13.7 Å². The molecule has 1 atom stereocenters. The van der Waals surface area contributed by atoms with E-state index in [0.29, 0.717) is 6.61 Å². The molecule has 0 heterocycles. The first-order valence-corrected chi connectivity index (χ1v) is 13.7. The van der Waals surface area contributed by atoms with Crippen LogP contribution in [0.25, 0.3) is 0 Å². The third-order valence-electron chi connectivity index (χ3n) is 6.48. The first-order chi connectivity index (χ1) is 15.8. The summed E-state index contributed by atoms with van der Waals surface area (Å²) in [6.07, 6.45) is 24.5. The fourth-order valence-corrected chi connectivity index (χ4v) is 4.26. The van der Waals surface area contributed by atoms with E-state index in [1.807, 2.05) is 24.3 Å². The van der Waals surface area contributed by atoms with Gasteiger partial charge in [-0.15, -0.1) is 0 Å². The fraction of sp³-hybridized carbons (Fsp3) is 0.793. The van der Waals surface area contributed by atoms with E-state index >= 15 is 0 Å². The van der Waals surface area contributed by atoms with E-state index < -0.39 is 0 Å². The van der Waals surface area contributed by atoms with Crippen LogP contribution in [0.5, 0.6) is 5.75 Å². The van der Waals surface area contributed by atoms with Gasteiger partial charge >= 0.3 is 0 Å². The maximum Gasteiger partial charge on any atom is 0.118 e. The normalized spacial score (nSPS) is 12.2. The average molecular weight is 449 g/mol. The molecule has 1 aromatic carbocycles. The van der Waals surface area contributed by atoms with E-state index in [2.05, 4.69) is 6.92 Å². The van der Waals surface area contributed by atoms with Gasteiger partial charge in [0.15, 0.2) is 0 Å². The molecule has 0 amide bonds. The molecule has 1 aromatic rings. The molecule has 1 rings (SSSR count). The Kier molecular flexibility index (Phi) is 19.7. The minimum Gasteiger partial charge on any atom is -0.497 e. The summed E-state index contributed by atoms with van der Waals surface area (Å²) in [5, 5.41) is 9.58. The van der Waals surface area contributed by atoms with Crippen molar-refractivity contribution >= 4 is 0 Å². The number of benzene rings is 1. The fourth-order valence-electron chi connectivity index (χ4n) is 4.26. The van der Waals surface area contributed by atoms with E-state index in [0.717, 1.165) is 24.2 Å². The summed E-state index contributed by atoms with van der Waals surface area (Å²) >= 11 is 0. The van der Waals surface area contributed by atoms with Gasteiger partial charge in [-0.1, -0.05) is 128 Å². The zero-order valence-corrected chi connectivity index (χ0v) is 21.3. The molecule has 0 bridgehead atoms. The van der Waals surface area contributed by atoms with E-state index in [9.17, 15) is 5.11 Å². The zero-order valence-electron chi connectivity index (χ0n) is 21.3. The minimum atomic E-state index is -0.0477. The Hall–Kier alpha value is -1.06. The Bertz CT molecular complexity index is 500. The summed E-state index contributed by atoms with van der Waals surface area (Å²) in [7, 11) is 1.67. The maximum absolute atomic E-state index is 9.58. The molecule has 0 radical (unpaired) electrons. The van der Waals surface area contributed by atoms with Crippen LogP contribution in [0.3, 0.4) is 0 Å². The highest BCUT2D eigenvalue weighted by atomic mass is 16.5. The molecule has 0 aliphatic heterocycles. The van der Waals surface area contributed by atoms with Gasteiger partial charge in [-0.25, -0.2) is 0 Å². The number of aliphatic hydroxyl groups is 1. The third kappa shape index (κ3) is 16.6. The SMILES string of the molecule is CCCCCCCCCCCCCCCCCCC[C@@H](CO)OCc1ccc(OC)cc1. The zero-order chi connectivity index (χ0) is 23.1. The average Bonchev–Trinajstić information content (AvgIpc) is 2.83. The predicted molar refractivity (Wildman–Crippen MR) is 137 cm³/mol. The van der Waals surface area contributed by atoms with Crippen molar-refractivity contribution in [1.29, 1.82) is 0 Å². The Balaban J connectivity index is 1.85. The van der Waals surface area contributed by atoms with Crippen molar-refractivity contribution < 1.29 is 14.6 Å². The molecule has 1 N–H and O–H groups in total. The molecule has 0 fully saturated rings. The number of unbranched alkanes of at least 4 members (excludes halogenated alkanes) is 16. The van der Waals surface area contributed by atoms with Crippen molar-refractivity contribution in [3.63, 3.8) is 0 Å². The summed E-state index contributed by atoms with van der Waals surface area (Å²) in [5.74, 6) is 0.857. The van der Waals surface area contributed by atoms with Gasteiger partial charge in [0.25, 0.3) is 0 Å². The number of methoxy groups -OCH3 is 1. The van der Waals surface area contributed by atoms with Gasteiger partial charge < -0.3 is 14.6 Å². The molecule has 0 saturated heterocycles. The van der Waals surface area contributed by atoms with Crippen LogP contribution in [0.2, 0.25) is 0 Å². The molecule has 0 saturated carbocycles. The lowest BCUT2D eigenvalue weighted by molar-refractivity contribution is -0.00349. The lowest BCUT2D eigenvalue weighted by Gasteiger charge is -2.15. The molecule has 0 aliphatic rings. The van der Waals surface area contributed by atoms with E-state index in [-0.39, 0.29) is 12.7 Å². The molecule has 0 aliphatic carbocycles. The second-order valence-electron chi connectivity index (χ2n) is 9.41. The standard InChI is InChI=1S/C29H52O3/c1-3-4-5-6-7-8-9-10-11-12-13-14-15-16-17-18-19-20-29(25-30)32-26-27-21-23-28(31-2)24-22-27/h21-24,29-30H,3-20,25-26H2,1-2H3/t29-/m0/s1. The number of ether oxygens (including phenoxy) is 2. The summed E-state index contributed by atoms with van der Waals surface area (Å²) < 4.78 is 11.1. The van der Waals surface area contributed by atoms with Gasteiger partial charge in [0.05, 0.1) is 26.4 Å².